The number of urea groups is 1. The molecule has 0 aromatic heterocycles. The van der Waals surface area contributed by atoms with Crippen LogP contribution in [0, 0.1) is 17.3 Å². The van der Waals surface area contributed by atoms with Crippen LogP contribution in [0.25, 0.3) is 0 Å². The summed E-state index contributed by atoms with van der Waals surface area (Å²) in [5.41, 5.74) is -1.48. The molecule has 1 saturated carbocycles. The molecule has 0 N–H and O–H groups in total. The Balaban J connectivity index is 2.14. The number of imide groups is 2. The minimum absolute atomic E-state index is 0.0141. The third kappa shape index (κ3) is 2.89. The van der Waals surface area contributed by atoms with Gasteiger partial charge in [0.2, 0.25) is 11.8 Å². The topological polar surface area (TPSA) is 93.2 Å². The van der Waals surface area contributed by atoms with Crippen LogP contribution in [0.5, 0.6) is 0 Å². The molecule has 0 aromatic rings. The average Bonchev–Trinajstić information content (AvgIpc) is 2.97. The largest absolute Gasteiger partial charge is 0.348 e. The van der Waals surface area contributed by atoms with Crippen LogP contribution >= 0.6 is 0 Å². The van der Waals surface area contributed by atoms with Crippen molar-refractivity contribution < 1.29 is 28.7 Å². The molecule has 0 unspecified atom stereocenters. The number of hydrogen-bond donors (Lipinski definition) is 0. The highest BCUT2D eigenvalue weighted by Crippen LogP contribution is 2.53. The molecular weight excluding hydrogens is 352 g/mol. The zero-order valence-electron chi connectivity index (χ0n) is 16.6. The molecule has 1 spiro atoms. The van der Waals surface area contributed by atoms with Crippen molar-refractivity contribution in [1.29, 1.82) is 0 Å². The highest BCUT2D eigenvalue weighted by atomic mass is 16.7. The predicted octanol–water partition coefficient (Wildman–Crippen LogP) is 1.57. The van der Waals surface area contributed by atoms with E-state index in [0.717, 1.165) is 16.2 Å². The lowest BCUT2D eigenvalue weighted by atomic mass is 9.55. The second-order valence-electron chi connectivity index (χ2n) is 8.29. The first-order valence-electron chi connectivity index (χ1n) is 9.50. The molecule has 4 amide bonds. The Hall–Kier alpha value is -1.80. The summed E-state index contributed by atoms with van der Waals surface area (Å²) in [7, 11) is 2.78. The van der Waals surface area contributed by atoms with Gasteiger partial charge in [0.25, 0.3) is 0 Å². The molecule has 8 nitrogen and oxygen atoms in total. The van der Waals surface area contributed by atoms with E-state index < -0.39 is 47.0 Å². The number of ether oxygens (including phenoxy) is 2. The lowest BCUT2D eigenvalue weighted by Crippen LogP contribution is -2.70. The summed E-state index contributed by atoms with van der Waals surface area (Å²) in [6, 6.07) is -0.648. The lowest BCUT2D eigenvalue weighted by Gasteiger charge is -2.52. The van der Waals surface area contributed by atoms with Crippen LogP contribution in [0.2, 0.25) is 0 Å². The number of Topliss-reactive ketones (excluding diaryl/α,β-unsaturated/α-hetero) is 1. The third-order valence-corrected chi connectivity index (χ3v) is 6.16. The van der Waals surface area contributed by atoms with Crippen molar-refractivity contribution in [2.24, 2.45) is 17.3 Å². The van der Waals surface area contributed by atoms with Crippen LogP contribution in [-0.4, -0.2) is 66.0 Å². The summed E-state index contributed by atoms with van der Waals surface area (Å²) >= 11 is 0. The number of barbiturate groups is 1. The Morgan fingerprint density at radius 1 is 1.04 bits per heavy atom. The molecule has 3 rings (SSSR count). The Morgan fingerprint density at radius 3 is 2.11 bits per heavy atom. The summed E-state index contributed by atoms with van der Waals surface area (Å²) in [6.45, 7) is 5.68. The SMILES string of the molecule is CCC[C@H]1CC(=O)C[C@@H]([C@H]2COC(C)(C)O2)C12C(=O)N(C)C(=O)N(C)C2=O. The standard InChI is InChI=1S/C19H28N2O6/c1-6-7-11-8-12(22)9-13(14-10-26-18(2,3)27-14)19(11)15(23)20(4)17(25)21(5)16(19)24/h11,13-14H,6-10H2,1-5H3/t11-,13-,14+/m0/s1. The first-order chi connectivity index (χ1) is 12.6. The molecule has 8 heteroatoms. The molecule has 2 aliphatic heterocycles. The van der Waals surface area contributed by atoms with Gasteiger partial charge in [-0.15, -0.1) is 0 Å². The molecule has 27 heavy (non-hydrogen) atoms. The van der Waals surface area contributed by atoms with Gasteiger partial charge in [-0.05, 0) is 26.2 Å². The van der Waals surface area contributed by atoms with E-state index in [9.17, 15) is 19.2 Å². The van der Waals surface area contributed by atoms with Crippen LogP contribution in [-0.2, 0) is 23.9 Å². The molecule has 2 heterocycles. The van der Waals surface area contributed by atoms with Crippen LogP contribution in [0.4, 0.5) is 4.79 Å². The number of hydrogen-bond acceptors (Lipinski definition) is 6. The Bertz CT molecular complexity index is 664. The minimum Gasteiger partial charge on any atom is -0.348 e. The van der Waals surface area contributed by atoms with E-state index in [1.54, 1.807) is 13.8 Å². The normalized spacial score (nSPS) is 33.3. The van der Waals surface area contributed by atoms with Gasteiger partial charge in [-0.25, -0.2) is 4.79 Å². The number of ketones is 1. The number of nitrogens with zero attached hydrogens (tertiary/aromatic N) is 2. The van der Waals surface area contributed by atoms with Crippen LogP contribution in [0.15, 0.2) is 0 Å². The van der Waals surface area contributed by atoms with Crippen molar-refractivity contribution in [1.82, 2.24) is 9.80 Å². The zero-order valence-corrected chi connectivity index (χ0v) is 16.6. The van der Waals surface area contributed by atoms with Gasteiger partial charge in [0.15, 0.2) is 5.79 Å². The molecule has 0 aromatic carbocycles. The van der Waals surface area contributed by atoms with Gasteiger partial charge in [0.1, 0.15) is 11.2 Å². The van der Waals surface area contributed by atoms with Crippen molar-refractivity contribution >= 4 is 23.6 Å². The minimum atomic E-state index is -1.48. The Kier molecular flexibility index (Phi) is 4.93. The fourth-order valence-corrected chi connectivity index (χ4v) is 4.96. The molecule has 2 saturated heterocycles. The Labute approximate surface area is 159 Å². The zero-order chi connectivity index (χ0) is 20.1. The van der Waals surface area contributed by atoms with Crippen molar-refractivity contribution in [3.63, 3.8) is 0 Å². The maximum absolute atomic E-state index is 13.4. The van der Waals surface area contributed by atoms with Gasteiger partial charge in [0, 0.05) is 32.9 Å². The third-order valence-electron chi connectivity index (χ3n) is 6.16. The van der Waals surface area contributed by atoms with E-state index in [4.69, 9.17) is 9.47 Å². The smallest absolute Gasteiger partial charge is 0.332 e. The number of carbonyl (C=O) groups excluding carboxylic acids is 4. The monoisotopic (exact) mass is 380 g/mol. The van der Waals surface area contributed by atoms with E-state index in [1.165, 1.54) is 14.1 Å². The summed E-state index contributed by atoms with van der Waals surface area (Å²) in [4.78, 5) is 53.7. The van der Waals surface area contributed by atoms with Gasteiger partial charge in [0.05, 0.1) is 12.7 Å². The number of rotatable bonds is 3. The molecule has 1 aliphatic carbocycles. The molecule has 3 aliphatic rings. The Morgan fingerprint density at radius 2 is 1.63 bits per heavy atom. The first kappa shape index (κ1) is 19.9. The summed E-state index contributed by atoms with van der Waals surface area (Å²) in [5.74, 6) is -3.00. The predicted molar refractivity (Wildman–Crippen MR) is 94.4 cm³/mol. The van der Waals surface area contributed by atoms with Crippen LogP contribution in [0.1, 0.15) is 46.5 Å². The van der Waals surface area contributed by atoms with E-state index in [2.05, 4.69) is 0 Å². The second kappa shape index (κ2) is 6.67. The van der Waals surface area contributed by atoms with Crippen LogP contribution < -0.4 is 0 Å². The van der Waals surface area contributed by atoms with E-state index in [1.807, 2.05) is 6.92 Å². The summed E-state index contributed by atoms with van der Waals surface area (Å²) in [6.07, 6.45) is 0.937. The number of amides is 4. The number of carbonyl (C=O) groups is 4. The average molecular weight is 380 g/mol. The first-order valence-corrected chi connectivity index (χ1v) is 9.50. The molecule has 3 atom stereocenters. The maximum Gasteiger partial charge on any atom is 0.332 e. The lowest BCUT2D eigenvalue weighted by molar-refractivity contribution is -0.186. The summed E-state index contributed by atoms with van der Waals surface area (Å²) < 4.78 is 11.6. The van der Waals surface area contributed by atoms with Crippen molar-refractivity contribution in [3.8, 4) is 0 Å². The highest BCUT2D eigenvalue weighted by molar-refractivity contribution is 6.20. The van der Waals surface area contributed by atoms with E-state index in [-0.39, 0.29) is 25.2 Å². The van der Waals surface area contributed by atoms with Gasteiger partial charge >= 0.3 is 6.03 Å². The van der Waals surface area contributed by atoms with Crippen molar-refractivity contribution in [2.75, 3.05) is 20.7 Å². The molecule has 0 radical (unpaired) electrons. The van der Waals surface area contributed by atoms with Gasteiger partial charge in [-0.1, -0.05) is 13.3 Å². The van der Waals surface area contributed by atoms with Gasteiger partial charge in [-0.3, -0.25) is 24.2 Å². The fourth-order valence-electron chi connectivity index (χ4n) is 4.96. The van der Waals surface area contributed by atoms with E-state index in [0.29, 0.717) is 6.42 Å². The van der Waals surface area contributed by atoms with E-state index >= 15 is 0 Å². The molecule has 150 valence electrons. The molecule has 3 fully saturated rings. The van der Waals surface area contributed by atoms with Crippen molar-refractivity contribution in [3.05, 3.63) is 0 Å². The van der Waals surface area contributed by atoms with Crippen molar-refractivity contribution in [2.45, 2.75) is 58.3 Å². The fraction of sp³-hybridized carbons (Fsp3) is 0.789. The van der Waals surface area contributed by atoms with Gasteiger partial charge in [-0.2, -0.15) is 0 Å². The summed E-state index contributed by atoms with van der Waals surface area (Å²) in [5, 5.41) is 0. The maximum atomic E-state index is 13.4. The van der Waals surface area contributed by atoms with Gasteiger partial charge < -0.3 is 9.47 Å². The molecule has 0 bridgehead atoms. The second-order valence-corrected chi connectivity index (χ2v) is 8.29. The highest BCUT2D eigenvalue weighted by Gasteiger charge is 2.67. The van der Waals surface area contributed by atoms with Crippen LogP contribution in [0.3, 0.4) is 0 Å². The quantitative estimate of drug-likeness (QED) is 0.690. The molecular formula is C19H28N2O6.